The van der Waals surface area contributed by atoms with E-state index in [9.17, 15) is 4.79 Å². The molecule has 0 radical (unpaired) electrons. The van der Waals surface area contributed by atoms with Gasteiger partial charge < -0.3 is 10.5 Å². The van der Waals surface area contributed by atoms with Crippen molar-refractivity contribution in [2.24, 2.45) is 11.7 Å². The molecule has 0 aromatic heterocycles. The van der Waals surface area contributed by atoms with Crippen molar-refractivity contribution in [1.82, 2.24) is 5.32 Å². The summed E-state index contributed by atoms with van der Waals surface area (Å²) in [6.07, 6.45) is 0.787. The predicted octanol–water partition coefficient (Wildman–Crippen LogP) is -0.945. The average molecular weight is 144 g/mol. The van der Waals surface area contributed by atoms with Crippen LogP contribution < -0.4 is 11.1 Å². The highest BCUT2D eigenvalue weighted by molar-refractivity contribution is 5.76. The third-order valence-corrected chi connectivity index (χ3v) is 1.60. The van der Waals surface area contributed by atoms with Crippen molar-refractivity contribution in [2.75, 3.05) is 19.9 Å². The first-order valence-electron chi connectivity index (χ1n) is 3.38. The molecule has 1 amide bonds. The van der Waals surface area contributed by atoms with Gasteiger partial charge in [-0.25, -0.2) is 0 Å². The summed E-state index contributed by atoms with van der Waals surface area (Å²) in [6.45, 7) is 1.81. The number of rotatable bonds is 1. The summed E-state index contributed by atoms with van der Waals surface area (Å²) in [5.74, 6) is -0.362. The molecular weight excluding hydrogens is 132 g/mol. The van der Waals surface area contributed by atoms with Crippen molar-refractivity contribution in [1.29, 1.82) is 0 Å². The van der Waals surface area contributed by atoms with Crippen molar-refractivity contribution in [3.05, 3.63) is 0 Å². The third-order valence-electron chi connectivity index (χ3n) is 1.60. The maximum atomic E-state index is 10.6. The van der Waals surface area contributed by atoms with Gasteiger partial charge in [0.2, 0.25) is 5.91 Å². The monoisotopic (exact) mass is 144 g/mol. The van der Waals surface area contributed by atoms with Crippen LogP contribution in [0.15, 0.2) is 0 Å². The van der Waals surface area contributed by atoms with E-state index in [0.717, 1.165) is 13.0 Å². The fourth-order valence-electron chi connectivity index (χ4n) is 0.930. The van der Waals surface area contributed by atoms with Gasteiger partial charge in [-0.15, -0.1) is 0 Å². The van der Waals surface area contributed by atoms with Crippen LogP contribution in [0.2, 0.25) is 0 Å². The Morgan fingerprint density at radius 1 is 1.70 bits per heavy atom. The molecule has 1 heterocycles. The molecule has 0 saturated carbocycles. The molecule has 0 bridgehead atoms. The van der Waals surface area contributed by atoms with Gasteiger partial charge in [-0.2, -0.15) is 0 Å². The predicted molar refractivity (Wildman–Crippen MR) is 36.1 cm³/mol. The number of ether oxygens (including phenoxy) is 1. The molecule has 0 spiro atoms. The Morgan fingerprint density at radius 2 is 2.50 bits per heavy atom. The number of hydrogen-bond acceptors (Lipinski definition) is 3. The zero-order chi connectivity index (χ0) is 7.40. The van der Waals surface area contributed by atoms with Crippen LogP contribution in [0.25, 0.3) is 0 Å². The maximum Gasteiger partial charge on any atom is 0.222 e. The van der Waals surface area contributed by atoms with Gasteiger partial charge in [0.1, 0.15) is 0 Å². The molecule has 1 atom stereocenters. The zero-order valence-corrected chi connectivity index (χ0v) is 5.80. The van der Waals surface area contributed by atoms with Gasteiger partial charge in [-0.1, -0.05) is 0 Å². The Morgan fingerprint density at radius 3 is 3.20 bits per heavy atom. The van der Waals surface area contributed by atoms with E-state index in [-0.39, 0.29) is 11.8 Å². The lowest BCUT2D eigenvalue weighted by atomic mass is 10.1. The quantitative estimate of drug-likeness (QED) is 0.499. The zero-order valence-electron chi connectivity index (χ0n) is 5.80. The minimum atomic E-state index is -0.260. The number of carbonyl (C=O) groups excluding carboxylic acids is 1. The Kier molecular flexibility index (Phi) is 2.65. The van der Waals surface area contributed by atoms with E-state index >= 15 is 0 Å². The summed E-state index contributed by atoms with van der Waals surface area (Å²) in [5, 5.41) is 3.00. The van der Waals surface area contributed by atoms with Gasteiger partial charge in [-0.05, 0) is 13.0 Å². The second kappa shape index (κ2) is 3.53. The molecule has 10 heavy (non-hydrogen) atoms. The van der Waals surface area contributed by atoms with Gasteiger partial charge >= 0.3 is 0 Å². The van der Waals surface area contributed by atoms with Crippen molar-refractivity contribution < 1.29 is 9.53 Å². The van der Waals surface area contributed by atoms with E-state index < -0.39 is 0 Å². The highest BCUT2D eigenvalue weighted by Crippen LogP contribution is 2.03. The fraction of sp³-hybridized carbons (Fsp3) is 0.833. The summed E-state index contributed by atoms with van der Waals surface area (Å²) in [7, 11) is 0. The Balaban J connectivity index is 2.35. The molecule has 1 unspecified atom stereocenters. The highest BCUT2D eigenvalue weighted by atomic mass is 16.5. The topological polar surface area (TPSA) is 64.4 Å². The highest BCUT2D eigenvalue weighted by Gasteiger charge is 2.16. The summed E-state index contributed by atoms with van der Waals surface area (Å²) in [6, 6.07) is 0. The van der Waals surface area contributed by atoms with Crippen molar-refractivity contribution in [3.63, 3.8) is 0 Å². The number of nitrogens with one attached hydrogen (secondary N) is 1. The first-order valence-corrected chi connectivity index (χ1v) is 3.38. The smallest absolute Gasteiger partial charge is 0.222 e. The number of amides is 1. The first kappa shape index (κ1) is 7.50. The van der Waals surface area contributed by atoms with Gasteiger partial charge in [0.25, 0.3) is 0 Å². The summed E-state index contributed by atoms with van der Waals surface area (Å²) in [4.78, 5) is 10.6. The summed E-state index contributed by atoms with van der Waals surface area (Å²) < 4.78 is 5.06. The number of primary amides is 1. The standard InChI is InChI=1S/C6H12N2O2/c7-6(9)5-1-2-8-4-10-3-5/h5,8H,1-4H2,(H2,7,9). The molecule has 0 aromatic carbocycles. The van der Waals surface area contributed by atoms with Crippen LogP contribution in [0.3, 0.4) is 0 Å². The van der Waals surface area contributed by atoms with Crippen LogP contribution in [0.4, 0.5) is 0 Å². The molecule has 0 aromatic rings. The third kappa shape index (κ3) is 1.97. The molecule has 0 aliphatic carbocycles. The van der Waals surface area contributed by atoms with Crippen molar-refractivity contribution in [3.8, 4) is 0 Å². The first-order chi connectivity index (χ1) is 4.80. The average Bonchev–Trinajstić information content (AvgIpc) is 2.12. The lowest BCUT2D eigenvalue weighted by molar-refractivity contribution is -0.123. The molecule has 1 aliphatic heterocycles. The Labute approximate surface area is 59.7 Å². The van der Waals surface area contributed by atoms with E-state index in [1.54, 1.807) is 0 Å². The van der Waals surface area contributed by atoms with Gasteiger partial charge in [-0.3, -0.25) is 10.1 Å². The minimum Gasteiger partial charge on any atom is -0.369 e. The Bertz CT molecular complexity index is 119. The fourth-order valence-corrected chi connectivity index (χ4v) is 0.930. The molecule has 1 aliphatic rings. The molecular formula is C6H12N2O2. The number of hydrogen-bond donors (Lipinski definition) is 2. The van der Waals surface area contributed by atoms with E-state index in [0.29, 0.717) is 13.3 Å². The van der Waals surface area contributed by atoms with Crippen LogP contribution in [0.5, 0.6) is 0 Å². The van der Waals surface area contributed by atoms with Crippen molar-refractivity contribution in [2.45, 2.75) is 6.42 Å². The second-order valence-electron chi connectivity index (χ2n) is 2.40. The van der Waals surface area contributed by atoms with Crippen LogP contribution >= 0.6 is 0 Å². The lowest BCUT2D eigenvalue weighted by Gasteiger charge is -2.06. The van der Waals surface area contributed by atoms with Gasteiger partial charge in [0, 0.05) is 0 Å². The van der Waals surface area contributed by atoms with Crippen molar-refractivity contribution >= 4 is 5.91 Å². The summed E-state index contributed by atoms with van der Waals surface area (Å²) >= 11 is 0. The largest absolute Gasteiger partial charge is 0.369 e. The second-order valence-corrected chi connectivity index (χ2v) is 2.40. The lowest BCUT2D eigenvalue weighted by Crippen LogP contribution is -2.26. The van der Waals surface area contributed by atoms with Gasteiger partial charge in [0.15, 0.2) is 0 Å². The normalized spacial score (nSPS) is 27.4. The molecule has 1 fully saturated rings. The van der Waals surface area contributed by atoms with Crippen LogP contribution in [-0.2, 0) is 9.53 Å². The summed E-state index contributed by atoms with van der Waals surface area (Å²) in [5.41, 5.74) is 5.09. The minimum absolute atomic E-state index is 0.102. The molecule has 3 N–H and O–H groups in total. The molecule has 1 rings (SSSR count). The number of nitrogens with two attached hydrogens (primary N) is 1. The van der Waals surface area contributed by atoms with E-state index in [4.69, 9.17) is 10.5 Å². The van der Waals surface area contributed by atoms with Crippen LogP contribution in [-0.4, -0.2) is 25.8 Å². The maximum absolute atomic E-state index is 10.6. The molecule has 4 heteroatoms. The van der Waals surface area contributed by atoms with E-state index in [2.05, 4.69) is 5.32 Å². The van der Waals surface area contributed by atoms with E-state index in [1.807, 2.05) is 0 Å². The van der Waals surface area contributed by atoms with Crippen LogP contribution in [0, 0.1) is 5.92 Å². The molecule has 58 valence electrons. The van der Waals surface area contributed by atoms with Gasteiger partial charge in [0.05, 0.1) is 19.3 Å². The SMILES string of the molecule is NC(=O)C1CCNCOC1. The molecule has 1 saturated heterocycles. The molecule has 4 nitrogen and oxygen atoms in total. The van der Waals surface area contributed by atoms with E-state index in [1.165, 1.54) is 0 Å². The van der Waals surface area contributed by atoms with Crippen LogP contribution in [0.1, 0.15) is 6.42 Å². The Hall–Kier alpha value is -0.610. The number of carbonyl (C=O) groups is 1.